The van der Waals surface area contributed by atoms with E-state index in [1.807, 2.05) is 36.4 Å². The van der Waals surface area contributed by atoms with Gasteiger partial charge in [0.25, 0.3) is 0 Å². The lowest BCUT2D eigenvalue weighted by atomic mass is 9.90. The number of aliphatic hydroxyl groups excluding tert-OH is 1. The van der Waals surface area contributed by atoms with Gasteiger partial charge in [-0.25, -0.2) is 4.79 Å². The van der Waals surface area contributed by atoms with Crippen LogP contribution in [0.1, 0.15) is 61.3 Å². The van der Waals surface area contributed by atoms with E-state index in [4.69, 9.17) is 11.5 Å². The van der Waals surface area contributed by atoms with Gasteiger partial charge in [-0.15, -0.1) is 0 Å². The Bertz CT molecular complexity index is 2890. The smallest absolute Gasteiger partial charge is 0.327 e. The number of amides is 7. The van der Waals surface area contributed by atoms with E-state index < -0.39 is 108 Å². The van der Waals surface area contributed by atoms with Crippen LogP contribution in [0.15, 0.2) is 127 Å². The predicted molar refractivity (Wildman–Crippen MR) is 303 cm³/mol. The number of fused-ring (bicyclic) bond motifs is 1. The third-order valence-corrected chi connectivity index (χ3v) is 15.8. The van der Waals surface area contributed by atoms with E-state index >= 15 is 9.59 Å². The number of carboxylic acids is 1. The molecule has 1 aliphatic rings. The molecular formula is C57H69N9O11S2. The molecule has 7 amide bonds. The molecule has 0 saturated carbocycles. The van der Waals surface area contributed by atoms with Crippen molar-refractivity contribution < 1.29 is 53.7 Å². The van der Waals surface area contributed by atoms with E-state index in [0.717, 1.165) is 32.4 Å². The molecule has 1 fully saturated rings. The Morgan fingerprint density at radius 3 is 1.59 bits per heavy atom. The molecule has 0 unspecified atom stereocenters. The largest absolute Gasteiger partial charge is 0.508 e. The number of rotatable bonds is 14. The quantitative estimate of drug-likeness (QED) is 0.0560. The second-order valence-corrected chi connectivity index (χ2v) is 22.0. The van der Waals surface area contributed by atoms with Gasteiger partial charge in [0.2, 0.25) is 41.4 Å². The number of unbranched alkanes of at least 4 members (excludes halogenated alkanes) is 1. The molecule has 1 aliphatic heterocycles. The van der Waals surface area contributed by atoms with Crippen molar-refractivity contribution in [2.75, 3.05) is 18.1 Å². The number of phenolic OH excluding ortho intramolecular Hbond substituents is 1. The van der Waals surface area contributed by atoms with E-state index in [0.29, 0.717) is 35.1 Å². The molecule has 14 N–H and O–H groups in total. The van der Waals surface area contributed by atoms with E-state index in [1.54, 1.807) is 85.8 Å². The van der Waals surface area contributed by atoms with Crippen LogP contribution in [0.4, 0.5) is 0 Å². The number of carbonyl (C=O) groups excluding carboxylic acids is 7. The van der Waals surface area contributed by atoms with E-state index in [9.17, 15) is 44.1 Å². The van der Waals surface area contributed by atoms with Crippen LogP contribution in [0.25, 0.3) is 10.8 Å². The number of hydrogen-bond donors (Lipinski definition) is 12. The summed E-state index contributed by atoms with van der Waals surface area (Å²) in [6, 6.07) is 24.9. The fraction of sp³-hybridized carbons (Fsp3) is 0.368. The minimum Gasteiger partial charge on any atom is -0.508 e. The van der Waals surface area contributed by atoms with Crippen molar-refractivity contribution in [3.8, 4) is 5.75 Å². The molecule has 0 bridgehead atoms. The first-order valence-corrected chi connectivity index (χ1v) is 28.5. The van der Waals surface area contributed by atoms with Crippen LogP contribution in [0.2, 0.25) is 0 Å². The first-order valence-electron chi connectivity index (χ1n) is 26.0. The Morgan fingerprint density at radius 1 is 0.544 bits per heavy atom. The average molecular weight is 1120 g/mol. The van der Waals surface area contributed by atoms with Gasteiger partial charge in [0.1, 0.15) is 48.0 Å². The minimum absolute atomic E-state index is 0.0163. The lowest BCUT2D eigenvalue weighted by Crippen LogP contribution is -2.62. The second kappa shape index (κ2) is 30.0. The number of aliphatic carboxylic acids is 1. The van der Waals surface area contributed by atoms with Crippen LogP contribution in [0.5, 0.6) is 5.75 Å². The van der Waals surface area contributed by atoms with Crippen molar-refractivity contribution in [2.24, 2.45) is 11.5 Å². The first-order chi connectivity index (χ1) is 37.9. The van der Waals surface area contributed by atoms with Gasteiger partial charge in [-0.3, -0.25) is 33.6 Å². The number of aromatic hydroxyl groups is 1. The van der Waals surface area contributed by atoms with Gasteiger partial charge >= 0.3 is 5.97 Å². The van der Waals surface area contributed by atoms with Gasteiger partial charge in [0, 0.05) is 36.7 Å². The van der Waals surface area contributed by atoms with E-state index in [2.05, 4.69) is 37.2 Å². The number of benzene rings is 5. The molecule has 1 saturated heterocycles. The summed E-state index contributed by atoms with van der Waals surface area (Å²) in [7, 11) is 2.04. The normalized spacial score (nSPS) is 23.6. The van der Waals surface area contributed by atoms with Gasteiger partial charge in [-0.2, -0.15) is 0 Å². The number of carboxylic acid groups (broad SMARTS) is 1. The van der Waals surface area contributed by atoms with Gasteiger partial charge in [0.15, 0.2) is 0 Å². The maximum atomic E-state index is 15.1. The lowest BCUT2D eigenvalue weighted by molar-refractivity contribution is -0.141. The Kier molecular flexibility index (Phi) is 23.1. The molecule has 10 atom stereocenters. The van der Waals surface area contributed by atoms with Crippen LogP contribution < -0.4 is 48.7 Å². The molecule has 5 aromatic carbocycles. The summed E-state index contributed by atoms with van der Waals surface area (Å²) < 4.78 is 0. The zero-order valence-corrected chi connectivity index (χ0v) is 45.5. The highest BCUT2D eigenvalue weighted by atomic mass is 33.1. The van der Waals surface area contributed by atoms with Crippen molar-refractivity contribution in [1.29, 1.82) is 0 Å². The first kappa shape index (κ1) is 60.7. The topological polar surface area (TPSA) is 333 Å². The van der Waals surface area contributed by atoms with Crippen LogP contribution in [-0.2, 0) is 57.6 Å². The number of carbonyl (C=O) groups is 8. The van der Waals surface area contributed by atoms with Crippen molar-refractivity contribution in [3.63, 3.8) is 0 Å². The molecule has 22 heteroatoms. The highest BCUT2D eigenvalue weighted by Gasteiger charge is 2.38. The molecule has 0 aromatic heterocycles. The van der Waals surface area contributed by atoms with Crippen molar-refractivity contribution in [3.05, 3.63) is 150 Å². The summed E-state index contributed by atoms with van der Waals surface area (Å²) in [6.07, 6.45) is -1.18. The lowest BCUT2D eigenvalue weighted by Gasteiger charge is -2.31. The molecular weight excluding hydrogens is 1050 g/mol. The van der Waals surface area contributed by atoms with Crippen molar-refractivity contribution in [1.82, 2.24) is 37.2 Å². The van der Waals surface area contributed by atoms with Crippen molar-refractivity contribution in [2.45, 2.75) is 113 Å². The third-order valence-electron chi connectivity index (χ3n) is 13.4. The van der Waals surface area contributed by atoms with E-state index in [-0.39, 0.29) is 49.5 Å². The number of nitrogens with two attached hydrogens (primary N) is 2. The number of hydrogen-bond acceptors (Lipinski definition) is 14. The molecule has 6 rings (SSSR count). The number of nitrogens with one attached hydrogen (secondary N) is 7. The zero-order valence-electron chi connectivity index (χ0n) is 43.8. The van der Waals surface area contributed by atoms with E-state index in [1.165, 1.54) is 19.1 Å². The standard InChI is InChI=1S/C57H69N9O11S2/c1-33(39-23-22-38-17-9-10-18-40(38)30-39)48-55(74)60-43(19-11-12-26-58)51(70)66-49(34(2)67)56(75)63-45(28-36-15-7-4-8-16-36)53(72)64-47(57(76)77)32-79-78-31-42(59)50(69)61-44(27-35-13-5-3-6-14-35)52(71)62-46(54(73)65-48)29-37-20-24-41(68)25-21-37/h3-10,13-18,20-25,30,33-34,42-49,67-68H,11-12,19,26-29,31-32,58-59H2,1-2H3,(H,60,74)(H,61,69)(H,62,71)(H,63,75)(H,64,72)(H,65,73)(H,66,70)(H,76,77)/t33-,34+,42+,43-,44-,45-,46-,47-,48+,49-/m0/s1. The maximum absolute atomic E-state index is 15.1. The predicted octanol–water partition coefficient (Wildman–Crippen LogP) is 2.09. The summed E-state index contributed by atoms with van der Waals surface area (Å²) in [5.41, 5.74) is 14.6. The third kappa shape index (κ3) is 18.3. The molecule has 79 heavy (non-hydrogen) atoms. The monoisotopic (exact) mass is 1120 g/mol. The summed E-state index contributed by atoms with van der Waals surface area (Å²) in [6.45, 7) is 3.20. The average Bonchev–Trinajstić information content (AvgIpc) is 3.46. The van der Waals surface area contributed by atoms with Gasteiger partial charge in [-0.1, -0.05) is 144 Å². The van der Waals surface area contributed by atoms with Crippen molar-refractivity contribution >= 4 is 79.7 Å². The van der Waals surface area contributed by atoms with Crippen LogP contribution >= 0.6 is 21.6 Å². The van der Waals surface area contributed by atoms with Gasteiger partial charge < -0.3 is 64.0 Å². The Labute approximate surface area is 466 Å². The fourth-order valence-corrected chi connectivity index (χ4v) is 11.1. The molecule has 5 aromatic rings. The van der Waals surface area contributed by atoms with Crippen LogP contribution in [0.3, 0.4) is 0 Å². The molecule has 20 nitrogen and oxygen atoms in total. The SMILES string of the molecule is C[C@@H](O)[C@@H]1NC(=O)[C@H](CCCCN)NC(=O)[C@@H]([C@@H](C)c2ccc3ccccc3c2)NC(=O)[C@H](Cc2ccc(O)cc2)NC(=O)[C@H](Cc2ccccc2)NC(=O)[C@H](N)CSSC[C@@H](C(=O)O)NC(=O)[C@H](Cc2ccccc2)NC1=O. The summed E-state index contributed by atoms with van der Waals surface area (Å²) in [4.78, 5) is 114. The highest BCUT2D eigenvalue weighted by Crippen LogP contribution is 2.26. The highest BCUT2D eigenvalue weighted by molar-refractivity contribution is 8.76. The zero-order chi connectivity index (χ0) is 57.0. The van der Waals surface area contributed by atoms with Gasteiger partial charge in [-0.05, 0) is 77.9 Å². The Morgan fingerprint density at radius 2 is 1.01 bits per heavy atom. The number of phenols is 1. The number of aliphatic hydroxyl groups is 1. The summed E-state index contributed by atoms with van der Waals surface area (Å²) in [5.74, 6) is -8.54. The Balaban J connectivity index is 1.42. The minimum atomic E-state index is -1.71. The molecule has 0 radical (unpaired) electrons. The van der Waals surface area contributed by atoms with Gasteiger partial charge in [0.05, 0.1) is 12.1 Å². The molecule has 1 heterocycles. The van der Waals surface area contributed by atoms with Crippen LogP contribution in [-0.4, -0.2) is 135 Å². The maximum Gasteiger partial charge on any atom is 0.327 e. The van der Waals surface area contributed by atoms with Crippen LogP contribution in [0, 0.1) is 0 Å². The fourth-order valence-electron chi connectivity index (χ4n) is 8.81. The second-order valence-electron chi connectivity index (χ2n) is 19.5. The summed E-state index contributed by atoms with van der Waals surface area (Å²) in [5, 5.41) is 52.0. The Hall–Kier alpha value is -7.50. The molecule has 420 valence electrons. The summed E-state index contributed by atoms with van der Waals surface area (Å²) >= 11 is 0. The molecule has 0 aliphatic carbocycles. The molecule has 0 spiro atoms.